The molecule has 1 aliphatic rings. The normalized spacial score (nSPS) is 22.0. The maximum absolute atomic E-state index is 11.8. The summed E-state index contributed by atoms with van der Waals surface area (Å²) in [4.78, 5) is 18.3. The minimum atomic E-state index is -0.815. The summed E-state index contributed by atoms with van der Waals surface area (Å²) in [6, 6.07) is 1.56. The van der Waals surface area contributed by atoms with Crippen LogP contribution in [0.25, 0.3) is 11.0 Å². The highest BCUT2D eigenvalue weighted by atomic mass is 16.6. The van der Waals surface area contributed by atoms with Gasteiger partial charge in [-0.2, -0.15) is 4.98 Å². The average molecular weight is 294 g/mol. The Hall–Kier alpha value is -2.52. The molecule has 9 heteroatoms. The molecule has 1 aliphatic heterocycles. The minimum absolute atomic E-state index is 0.0199. The third kappa shape index (κ3) is 1.94. The molecule has 0 aromatic carbocycles. The molecule has 21 heavy (non-hydrogen) atoms. The van der Waals surface area contributed by atoms with E-state index in [-0.39, 0.29) is 23.0 Å². The number of ether oxygens (including phenoxy) is 2. The Balaban J connectivity index is 2.12. The molecule has 5 N–H and O–H groups in total. The number of nitrogen functional groups attached to an aromatic ring is 1. The number of nitrogens with zero attached hydrogens (tertiary/aromatic N) is 2. The number of hydrogen-bond acceptors (Lipinski definition) is 7. The molecule has 9 nitrogen and oxygen atoms in total. The molecule has 3 rings (SSSR count). The van der Waals surface area contributed by atoms with E-state index < -0.39 is 18.9 Å². The van der Waals surface area contributed by atoms with E-state index in [2.05, 4.69) is 9.97 Å². The Morgan fingerprint density at radius 3 is 3.05 bits per heavy atom. The molecule has 2 atom stereocenters. The molecule has 0 amide bonds. The average Bonchev–Trinajstić information content (AvgIpc) is 2.99. The lowest BCUT2D eigenvalue weighted by Gasteiger charge is -2.20. The van der Waals surface area contributed by atoms with Gasteiger partial charge in [0.25, 0.3) is 5.56 Å². The Morgan fingerprint density at radius 2 is 2.38 bits per heavy atom. The van der Waals surface area contributed by atoms with Gasteiger partial charge in [-0.25, -0.2) is 0 Å². The number of nitrogens with two attached hydrogens (primary N) is 1. The second kappa shape index (κ2) is 4.79. The van der Waals surface area contributed by atoms with Crippen LogP contribution in [0.3, 0.4) is 0 Å². The van der Waals surface area contributed by atoms with Crippen molar-refractivity contribution in [3.63, 3.8) is 0 Å². The van der Waals surface area contributed by atoms with Gasteiger partial charge in [-0.3, -0.25) is 14.3 Å². The van der Waals surface area contributed by atoms with Crippen molar-refractivity contribution in [3.8, 4) is 0 Å². The van der Waals surface area contributed by atoms with Crippen LogP contribution in [-0.2, 0) is 9.47 Å². The molecule has 0 bridgehead atoms. The number of fused-ring (bicyclic) bond motifs is 1. The van der Waals surface area contributed by atoms with E-state index >= 15 is 0 Å². The van der Waals surface area contributed by atoms with Gasteiger partial charge >= 0.3 is 0 Å². The summed E-state index contributed by atoms with van der Waals surface area (Å²) >= 11 is 0. The number of aliphatic hydroxyl groups excluding tert-OH is 2. The van der Waals surface area contributed by atoms with Crippen molar-refractivity contribution in [2.45, 2.75) is 12.3 Å². The topological polar surface area (TPSA) is 136 Å². The predicted octanol–water partition coefficient (Wildman–Crippen LogP) is -0.388. The third-order valence-electron chi connectivity index (χ3n) is 3.35. The first-order chi connectivity index (χ1) is 10.1. The van der Waals surface area contributed by atoms with Crippen LogP contribution < -0.4 is 11.3 Å². The highest BCUT2D eigenvalue weighted by Gasteiger charge is 2.39. The number of nitrogens with one attached hydrogen (secondary N) is 1. The van der Waals surface area contributed by atoms with Crippen LogP contribution in [0.2, 0.25) is 0 Å². The fourth-order valence-corrected chi connectivity index (χ4v) is 2.38. The van der Waals surface area contributed by atoms with Crippen molar-refractivity contribution in [3.05, 3.63) is 34.1 Å². The van der Waals surface area contributed by atoms with E-state index in [0.29, 0.717) is 11.0 Å². The lowest BCUT2D eigenvalue weighted by molar-refractivity contribution is -0.0326. The van der Waals surface area contributed by atoms with Crippen molar-refractivity contribution in [2.75, 3.05) is 19.5 Å². The smallest absolute Gasteiger partial charge is 0.261 e. The molecular weight excluding hydrogens is 280 g/mol. The molecule has 3 heterocycles. The van der Waals surface area contributed by atoms with Crippen molar-refractivity contribution in [1.29, 1.82) is 0 Å². The summed E-state index contributed by atoms with van der Waals surface area (Å²) < 4.78 is 12.2. The number of hydrogen-bond donors (Lipinski definition) is 4. The fraction of sp³-hybridized carbons (Fsp3) is 0.333. The van der Waals surface area contributed by atoms with E-state index in [9.17, 15) is 9.90 Å². The Bertz CT molecular complexity index is 778. The second-order valence-corrected chi connectivity index (χ2v) is 4.54. The molecular formula is C12H14N4O5. The molecule has 2 aromatic heterocycles. The van der Waals surface area contributed by atoms with Gasteiger partial charge in [0.1, 0.15) is 6.61 Å². The van der Waals surface area contributed by atoms with Crippen LogP contribution >= 0.6 is 0 Å². The number of rotatable bonds is 3. The SMILES string of the molecule is COC1C(O)=C(CO)O[C@H]1n1ccc2c(=O)[nH]c(N)nc21. The zero-order valence-corrected chi connectivity index (χ0v) is 11.1. The number of aliphatic hydroxyl groups is 2. The first-order valence-electron chi connectivity index (χ1n) is 6.15. The highest BCUT2D eigenvalue weighted by Crippen LogP contribution is 2.34. The Morgan fingerprint density at radius 1 is 1.62 bits per heavy atom. The fourth-order valence-electron chi connectivity index (χ4n) is 2.38. The van der Waals surface area contributed by atoms with Gasteiger partial charge in [-0.15, -0.1) is 0 Å². The van der Waals surface area contributed by atoms with E-state index in [0.717, 1.165) is 0 Å². The number of methoxy groups -OCH3 is 1. The molecule has 0 radical (unpaired) electrons. The Kier molecular flexibility index (Phi) is 3.07. The minimum Gasteiger partial charge on any atom is -0.506 e. The van der Waals surface area contributed by atoms with Crippen LogP contribution in [-0.4, -0.2) is 44.6 Å². The van der Waals surface area contributed by atoms with Crippen molar-refractivity contribution < 1.29 is 19.7 Å². The standard InChI is InChI=1S/C12H14N4O5/c1-20-8-7(18)6(4-17)21-11(8)16-3-2-5-9(16)14-12(13)15-10(5)19/h2-3,8,11,17-18H,4H2,1H3,(H3,13,14,15,19)/t8?,11-/m1/s1. The summed E-state index contributed by atoms with van der Waals surface area (Å²) in [6.07, 6.45) is -0.0233. The van der Waals surface area contributed by atoms with Crippen molar-refractivity contribution >= 4 is 17.0 Å². The number of H-pyrrole nitrogens is 1. The summed E-state index contributed by atoms with van der Waals surface area (Å²) in [6.45, 7) is -0.461. The zero-order valence-electron chi connectivity index (χ0n) is 11.1. The van der Waals surface area contributed by atoms with Crippen molar-refractivity contribution in [2.24, 2.45) is 0 Å². The van der Waals surface area contributed by atoms with E-state index in [1.165, 1.54) is 11.7 Å². The Labute approximate surface area is 118 Å². The van der Waals surface area contributed by atoms with Crippen LogP contribution in [0.5, 0.6) is 0 Å². The molecule has 2 aromatic rings. The molecule has 1 unspecified atom stereocenters. The summed E-state index contributed by atoms with van der Waals surface area (Å²) in [7, 11) is 1.40. The summed E-state index contributed by atoms with van der Waals surface area (Å²) in [5.74, 6) is -0.199. The first-order valence-corrected chi connectivity index (χ1v) is 6.15. The monoisotopic (exact) mass is 294 g/mol. The van der Waals surface area contributed by atoms with Gasteiger partial charge < -0.3 is 25.4 Å². The van der Waals surface area contributed by atoms with Crippen molar-refractivity contribution in [1.82, 2.24) is 14.5 Å². The zero-order chi connectivity index (χ0) is 15.1. The maximum Gasteiger partial charge on any atom is 0.261 e. The van der Waals surface area contributed by atoms with Crippen LogP contribution in [0.15, 0.2) is 28.6 Å². The van der Waals surface area contributed by atoms with Gasteiger partial charge in [0.15, 0.2) is 23.3 Å². The lowest BCUT2D eigenvalue weighted by Crippen LogP contribution is -2.25. The molecule has 112 valence electrons. The summed E-state index contributed by atoms with van der Waals surface area (Å²) in [5, 5.41) is 19.4. The quantitative estimate of drug-likeness (QED) is 0.605. The van der Waals surface area contributed by atoms with Crippen LogP contribution in [0, 0.1) is 0 Å². The van der Waals surface area contributed by atoms with E-state index in [4.69, 9.17) is 20.3 Å². The van der Waals surface area contributed by atoms with Gasteiger partial charge in [-0.05, 0) is 6.07 Å². The number of anilines is 1. The van der Waals surface area contributed by atoms with Gasteiger partial charge in [0.2, 0.25) is 12.2 Å². The van der Waals surface area contributed by atoms with Crippen LogP contribution in [0.1, 0.15) is 6.23 Å². The molecule has 0 fully saturated rings. The largest absolute Gasteiger partial charge is 0.506 e. The number of aromatic nitrogens is 3. The molecule has 0 aliphatic carbocycles. The molecule has 0 saturated heterocycles. The second-order valence-electron chi connectivity index (χ2n) is 4.54. The van der Waals surface area contributed by atoms with Crippen LogP contribution in [0.4, 0.5) is 5.95 Å². The lowest BCUT2D eigenvalue weighted by atomic mass is 10.2. The van der Waals surface area contributed by atoms with E-state index in [1.807, 2.05) is 0 Å². The first kappa shape index (κ1) is 13.5. The molecule has 0 saturated carbocycles. The van der Waals surface area contributed by atoms with Gasteiger partial charge in [0, 0.05) is 13.3 Å². The molecule has 0 spiro atoms. The highest BCUT2D eigenvalue weighted by molar-refractivity contribution is 5.76. The summed E-state index contributed by atoms with van der Waals surface area (Å²) in [5.41, 5.74) is 5.48. The third-order valence-corrected chi connectivity index (χ3v) is 3.35. The van der Waals surface area contributed by atoms with E-state index in [1.54, 1.807) is 12.3 Å². The predicted molar refractivity (Wildman–Crippen MR) is 72.4 cm³/mol. The maximum atomic E-state index is 11.8. The number of aromatic amines is 1. The van der Waals surface area contributed by atoms with Gasteiger partial charge in [0.05, 0.1) is 5.39 Å². The van der Waals surface area contributed by atoms with Gasteiger partial charge in [-0.1, -0.05) is 0 Å².